The van der Waals surface area contributed by atoms with Crippen LogP contribution in [0.5, 0.6) is 5.75 Å². The highest BCUT2D eigenvalue weighted by Crippen LogP contribution is 2.29. The number of ether oxygens (including phenoxy) is 1. The van der Waals surface area contributed by atoms with E-state index in [-0.39, 0.29) is 0 Å². The number of rotatable bonds is 7. The second-order valence-corrected chi connectivity index (χ2v) is 5.17. The molecule has 18 heavy (non-hydrogen) atoms. The van der Waals surface area contributed by atoms with Gasteiger partial charge in [0.1, 0.15) is 5.75 Å². The van der Waals surface area contributed by atoms with E-state index in [9.17, 15) is 0 Å². The standard InChI is InChI=1S/C15H26N2O/c1-11(2)14-9-13(5-6-15(14)18-4)17-8-7-12(3)10-16/h5-6,9,11-12,17H,7-8,10,16H2,1-4H3. The molecule has 0 aromatic heterocycles. The molecule has 0 aliphatic heterocycles. The molecule has 0 aliphatic carbocycles. The Kier molecular flexibility index (Phi) is 5.99. The van der Waals surface area contributed by atoms with Crippen LogP contribution in [0.4, 0.5) is 5.69 Å². The van der Waals surface area contributed by atoms with Gasteiger partial charge < -0.3 is 15.8 Å². The van der Waals surface area contributed by atoms with Gasteiger partial charge in [-0.15, -0.1) is 0 Å². The summed E-state index contributed by atoms with van der Waals surface area (Å²) >= 11 is 0. The van der Waals surface area contributed by atoms with Gasteiger partial charge in [0.25, 0.3) is 0 Å². The first-order valence-corrected chi connectivity index (χ1v) is 6.70. The van der Waals surface area contributed by atoms with Crippen molar-refractivity contribution in [1.82, 2.24) is 0 Å². The third kappa shape index (κ3) is 4.22. The predicted octanol–water partition coefficient (Wildman–Crippen LogP) is 3.22. The molecule has 0 heterocycles. The molecule has 3 N–H and O–H groups in total. The van der Waals surface area contributed by atoms with Crippen molar-refractivity contribution in [2.45, 2.75) is 33.1 Å². The van der Waals surface area contributed by atoms with E-state index >= 15 is 0 Å². The minimum Gasteiger partial charge on any atom is -0.496 e. The zero-order valence-corrected chi connectivity index (χ0v) is 12.0. The van der Waals surface area contributed by atoms with E-state index in [4.69, 9.17) is 10.5 Å². The summed E-state index contributed by atoms with van der Waals surface area (Å²) in [5.41, 5.74) is 8.01. The maximum absolute atomic E-state index is 5.61. The maximum Gasteiger partial charge on any atom is 0.122 e. The van der Waals surface area contributed by atoms with Gasteiger partial charge in [0.05, 0.1) is 7.11 Å². The molecule has 1 aromatic carbocycles. The van der Waals surface area contributed by atoms with Gasteiger partial charge in [-0.05, 0) is 48.6 Å². The number of benzene rings is 1. The van der Waals surface area contributed by atoms with Crippen molar-refractivity contribution in [2.24, 2.45) is 11.7 Å². The summed E-state index contributed by atoms with van der Waals surface area (Å²) in [6, 6.07) is 6.28. The molecule has 1 aromatic rings. The topological polar surface area (TPSA) is 47.3 Å². The summed E-state index contributed by atoms with van der Waals surface area (Å²) in [5, 5.41) is 3.45. The van der Waals surface area contributed by atoms with Crippen molar-refractivity contribution in [1.29, 1.82) is 0 Å². The molecule has 3 heteroatoms. The first-order chi connectivity index (χ1) is 8.58. The van der Waals surface area contributed by atoms with Crippen LogP contribution in [-0.2, 0) is 0 Å². The lowest BCUT2D eigenvalue weighted by Gasteiger charge is -2.15. The van der Waals surface area contributed by atoms with Gasteiger partial charge in [0.2, 0.25) is 0 Å². The molecule has 0 bridgehead atoms. The second kappa shape index (κ2) is 7.27. The summed E-state index contributed by atoms with van der Waals surface area (Å²) in [4.78, 5) is 0. The Morgan fingerprint density at radius 3 is 2.56 bits per heavy atom. The molecule has 0 saturated carbocycles. The minimum atomic E-state index is 0.463. The van der Waals surface area contributed by atoms with E-state index in [0.29, 0.717) is 11.8 Å². The lowest BCUT2D eigenvalue weighted by Crippen LogP contribution is -2.15. The highest BCUT2D eigenvalue weighted by molar-refractivity contribution is 5.52. The summed E-state index contributed by atoms with van der Waals surface area (Å²) < 4.78 is 5.38. The van der Waals surface area contributed by atoms with Crippen molar-refractivity contribution in [3.8, 4) is 5.75 Å². The Bertz CT molecular complexity index is 364. The maximum atomic E-state index is 5.61. The van der Waals surface area contributed by atoms with E-state index < -0.39 is 0 Å². The molecule has 3 nitrogen and oxygen atoms in total. The van der Waals surface area contributed by atoms with Gasteiger partial charge in [-0.3, -0.25) is 0 Å². The normalized spacial score (nSPS) is 12.6. The predicted molar refractivity (Wildman–Crippen MR) is 78.4 cm³/mol. The first kappa shape index (κ1) is 14.8. The Balaban J connectivity index is 2.64. The Hall–Kier alpha value is -1.22. The molecule has 0 amide bonds. The fourth-order valence-electron chi connectivity index (χ4n) is 1.88. The van der Waals surface area contributed by atoms with Crippen molar-refractivity contribution in [2.75, 3.05) is 25.5 Å². The van der Waals surface area contributed by atoms with Crippen LogP contribution >= 0.6 is 0 Å². The van der Waals surface area contributed by atoms with Crippen molar-refractivity contribution in [3.63, 3.8) is 0 Å². The molecule has 1 rings (SSSR count). The molecular weight excluding hydrogens is 224 g/mol. The first-order valence-electron chi connectivity index (χ1n) is 6.70. The van der Waals surface area contributed by atoms with Gasteiger partial charge in [0, 0.05) is 12.2 Å². The minimum absolute atomic E-state index is 0.463. The van der Waals surface area contributed by atoms with Gasteiger partial charge in [-0.1, -0.05) is 20.8 Å². The highest BCUT2D eigenvalue weighted by Gasteiger charge is 2.08. The van der Waals surface area contributed by atoms with Crippen molar-refractivity contribution >= 4 is 5.69 Å². The second-order valence-electron chi connectivity index (χ2n) is 5.17. The van der Waals surface area contributed by atoms with E-state index in [1.807, 2.05) is 6.07 Å². The average Bonchev–Trinajstić information content (AvgIpc) is 2.38. The zero-order valence-electron chi connectivity index (χ0n) is 12.0. The molecule has 0 fully saturated rings. The number of nitrogens with one attached hydrogen (secondary N) is 1. The number of hydrogen-bond acceptors (Lipinski definition) is 3. The van der Waals surface area contributed by atoms with Crippen LogP contribution in [0.25, 0.3) is 0 Å². The molecule has 1 unspecified atom stereocenters. The molecule has 0 saturated heterocycles. The van der Waals surface area contributed by atoms with Crippen LogP contribution in [-0.4, -0.2) is 20.2 Å². The van der Waals surface area contributed by atoms with Gasteiger partial charge >= 0.3 is 0 Å². The molecule has 0 spiro atoms. The van der Waals surface area contributed by atoms with Crippen LogP contribution in [0.2, 0.25) is 0 Å². The fraction of sp³-hybridized carbons (Fsp3) is 0.600. The summed E-state index contributed by atoms with van der Waals surface area (Å²) in [7, 11) is 1.72. The Morgan fingerprint density at radius 1 is 1.28 bits per heavy atom. The van der Waals surface area contributed by atoms with Gasteiger partial charge in [-0.2, -0.15) is 0 Å². The Labute approximate surface area is 111 Å². The van der Waals surface area contributed by atoms with Crippen molar-refractivity contribution < 1.29 is 4.74 Å². The van der Waals surface area contributed by atoms with Crippen LogP contribution < -0.4 is 15.8 Å². The van der Waals surface area contributed by atoms with E-state index in [1.54, 1.807) is 7.11 Å². The number of hydrogen-bond donors (Lipinski definition) is 2. The number of nitrogens with two attached hydrogens (primary N) is 1. The largest absolute Gasteiger partial charge is 0.496 e. The van der Waals surface area contributed by atoms with E-state index in [0.717, 1.165) is 30.9 Å². The summed E-state index contributed by atoms with van der Waals surface area (Å²) in [5.74, 6) is 2.00. The van der Waals surface area contributed by atoms with Gasteiger partial charge in [-0.25, -0.2) is 0 Å². The summed E-state index contributed by atoms with van der Waals surface area (Å²) in [6.07, 6.45) is 1.10. The van der Waals surface area contributed by atoms with Crippen molar-refractivity contribution in [3.05, 3.63) is 23.8 Å². The lowest BCUT2D eigenvalue weighted by molar-refractivity contribution is 0.407. The smallest absolute Gasteiger partial charge is 0.122 e. The monoisotopic (exact) mass is 250 g/mol. The zero-order chi connectivity index (χ0) is 13.5. The third-order valence-electron chi connectivity index (χ3n) is 3.22. The van der Waals surface area contributed by atoms with Crippen LogP contribution in [0, 0.1) is 5.92 Å². The number of methoxy groups -OCH3 is 1. The fourth-order valence-corrected chi connectivity index (χ4v) is 1.88. The van der Waals surface area contributed by atoms with Crippen LogP contribution in [0.15, 0.2) is 18.2 Å². The molecule has 0 radical (unpaired) electrons. The molecule has 0 aliphatic rings. The van der Waals surface area contributed by atoms with Gasteiger partial charge in [0.15, 0.2) is 0 Å². The molecule has 1 atom stereocenters. The Morgan fingerprint density at radius 2 is 2.00 bits per heavy atom. The lowest BCUT2D eigenvalue weighted by atomic mass is 10.0. The van der Waals surface area contributed by atoms with Crippen LogP contribution in [0.3, 0.4) is 0 Å². The third-order valence-corrected chi connectivity index (χ3v) is 3.22. The van der Waals surface area contributed by atoms with E-state index in [1.165, 1.54) is 5.56 Å². The molecule has 102 valence electrons. The molecular formula is C15H26N2O. The van der Waals surface area contributed by atoms with Crippen LogP contribution in [0.1, 0.15) is 38.7 Å². The SMILES string of the molecule is COc1ccc(NCCC(C)CN)cc1C(C)C. The summed E-state index contributed by atoms with van der Waals surface area (Å²) in [6.45, 7) is 8.25. The average molecular weight is 250 g/mol. The number of anilines is 1. The quantitative estimate of drug-likeness (QED) is 0.781. The van der Waals surface area contributed by atoms with E-state index in [2.05, 4.69) is 38.2 Å². The highest BCUT2D eigenvalue weighted by atomic mass is 16.5.